The number of aromatic nitrogens is 2. The molecular formula is C21H24N3O5S-. The second-order valence-corrected chi connectivity index (χ2v) is 8.38. The zero-order valence-electron chi connectivity index (χ0n) is 17.0. The summed E-state index contributed by atoms with van der Waals surface area (Å²) in [6.07, 6.45) is 6.75. The first kappa shape index (κ1) is 20.8. The van der Waals surface area contributed by atoms with E-state index in [1.54, 1.807) is 19.3 Å². The molecule has 160 valence electrons. The first-order chi connectivity index (χ1) is 14.5. The van der Waals surface area contributed by atoms with Crippen molar-refractivity contribution in [3.63, 3.8) is 0 Å². The molecule has 30 heavy (non-hydrogen) atoms. The standard InChI is InChI=1S/C21H25N3O5S/c1-24-12-15(11-18(28-2)21(24)25)16-9-13(7-8-22-30(26)27)10-17-19(16)29-20(23-17)14-5-3-4-6-14/h9-12,14,22H,3-8H2,1-2H3,(H,26,27)/p-1. The Morgan fingerprint density at radius 2 is 2.10 bits per heavy atom. The molecule has 0 bridgehead atoms. The van der Waals surface area contributed by atoms with Gasteiger partial charge in [-0.3, -0.25) is 9.00 Å². The van der Waals surface area contributed by atoms with Crippen LogP contribution in [0.15, 0.2) is 33.6 Å². The average molecular weight is 431 g/mol. The van der Waals surface area contributed by atoms with Gasteiger partial charge < -0.3 is 18.3 Å². The molecule has 1 aromatic carbocycles. The van der Waals surface area contributed by atoms with Crippen molar-refractivity contribution in [3.05, 3.63) is 46.2 Å². The number of benzene rings is 1. The summed E-state index contributed by atoms with van der Waals surface area (Å²) < 4.78 is 36.9. The number of oxazole rings is 1. The number of nitrogens with zero attached hydrogens (tertiary/aromatic N) is 2. The highest BCUT2D eigenvalue weighted by Gasteiger charge is 2.24. The van der Waals surface area contributed by atoms with Crippen molar-refractivity contribution in [2.24, 2.45) is 7.05 Å². The number of hydrogen-bond acceptors (Lipinski definition) is 6. The molecule has 4 rings (SSSR count). The zero-order valence-corrected chi connectivity index (χ0v) is 17.8. The van der Waals surface area contributed by atoms with E-state index in [2.05, 4.69) is 4.72 Å². The number of pyridine rings is 1. The lowest BCUT2D eigenvalue weighted by molar-refractivity contribution is 0.405. The van der Waals surface area contributed by atoms with Gasteiger partial charge in [-0.1, -0.05) is 12.8 Å². The van der Waals surface area contributed by atoms with Crippen LogP contribution < -0.4 is 15.0 Å². The SMILES string of the molecule is COc1cc(-c2cc(CCNS(=O)[O-])cc3nc(C4CCCC4)oc23)cn(C)c1=O. The van der Waals surface area contributed by atoms with Crippen LogP contribution in [0, 0.1) is 0 Å². The zero-order chi connectivity index (χ0) is 21.3. The van der Waals surface area contributed by atoms with Gasteiger partial charge in [-0.05, 0) is 43.0 Å². The van der Waals surface area contributed by atoms with Crippen LogP contribution >= 0.6 is 0 Å². The Morgan fingerprint density at radius 1 is 1.33 bits per heavy atom. The topological polar surface area (TPSA) is 109 Å². The first-order valence-corrected chi connectivity index (χ1v) is 11.0. The minimum atomic E-state index is -2.30. The summed E-state index contributed by atoms with van der Waals surface area (Å²) in [6.45, 7) is 0.283. The normalized spacial score (nSPS) is 15.7. The van der Waals surface area contributed by atoms with Crippen LogP contribution in [0.1, 0.15) is 43.1 Å². The number of aryl methyl sites for hydroxylation is 1. The predicted molar refractivity (Wildman–Crippen MR) is 113 cm³/mol. The van der Waals surface area contributed by atoms with Crippen molar-refractivity contribution in [3.8, 4) is 16.9 Å². The highest BCUT2D eigenvalue weighted by atomic mass is 32.2. The molecule has 0 amide bonds. The molecule has 2 heterocycles. The van der Waals surface area contributed by atoms with E-state index in [1.807, 2.05) is 12.1 Å². The van der Waals surface area contributed by atoms with Crippen molar-refractivity contribution >= 4 is 22.4 Å². The summed E-state index contributed by atoms with van der Waals surface area (Å²) >= 11 is -2.30. The average Bonchev–Trinajstić information content (AvgIpc) is 3.38. The van der Waals surface area contributed by atoms with Gasteiger partial charge in [0.25, 0.3) is 5.56 Å². The van der Waals surface area contributed by atoms with E-state index in [0.717, 1.165) is 40.9 Å². The minimum absolute atomic E-state index is 0.222. The summed E-state index contributed by atoms with van der Waals surface area (Å²) in [7, 11) is 3.14. The Balaban J connectivity index is 1.83. The molecule has 0 aliphatic heterocycles. The van der Waals surface area contributed by atoms with E-state index in [4.69, 9.17) is 14.1 Å². The fraction of sp³-hybridized carbons (Fsp3) is 0.429. The van der Waals surface area contributed by atoms with Crippen molar-refractivity contribution in [1.82, 2.24) is 14.3 Å². The van der Waals surface area contributed by atoms with Crippen LogP contribution in [0.25, 0.3) is 22.2 Å². The van der Waals surface area contributed by atoms with Crippen LogP contribution in [0.2, 0.25) is 0 Å². The van der Waals surface area contributed by atoms with Crippen LogP contribution in [0.5, 0.6) is 5.75 Å². The highest BCUT2D eigenvalue weighted by Crippen LogP contribution is 2.38. The molecule has 1 fully saturated rings. The van der Waals surface area contributed by atoms with Crippen molar-refractivity contribution < 1.29 is 17.9 Å². The van der Waals surface area contributed by atoms with E-state index in [9.17, 15) is 13.6 Å². The molecule has 0 spiro atoms. The number of methoxy groups -OCH3 is 1. The first-order valence-electron chi connectivity index (χ1n) is 9.97. The monoisotopic (exact) mass is 430 g/mol. The molecule has 8 nitrogen and oxygen atoms in total. The quantitative estimate of drug-likeness (QED) is 0.577. The Morgan fingerprint density at radius 3 is 2.80 bits per heavy atom. The summed E-state index contributed by atoms with van der Waals surface area (Å²) in [4.78, 5) is 17.0. The van der Waals surface area contributed by atoms with Crippen LogP contribution in [0.3, 0.4) is 0 Å². The van der Waals surface area contributed by atoms with Gasteiger partial charge >= 0.3 is 0 Å². The van der Waals surface area contributed by atoms with Crippen LogP contribution in [0.4, 0.5) is 0 Å². The van der Waals surface area contributed by atoms with E-state index < -0.39 is 11.3 Å². The molecule has 1 aliphatic carbocycles. The molecule has 9 heteroatoms. The molecule has 1 N–H and O–H groups in total. The highest BCUT2D eigenvalue weighted by molar-refractivity contribution is 7.77. The molecule has 3 aromatic rings. The Labute approximate surface area is 176 Å². The lowest BCUT2D eigenvalue weighted by atomic mass is 10.0. The van der Waals surface area contributed by atoms with Gasteiger partial charge in [0.1, 0.15) is 5.52 Å². The smallest absolute Gasteiger partial charge is 0.292 e. The molecule has 0 saturated heterocycles. The molecule has 1 aliphatic rings. The number of hydrogen-bond donors (Lipinski definition) is 1. The molecule has 1 atom stereocenters. The minimum Gasteiger partial charge on any atom is -0.760 e. The second kappa shape index (κ2) is 8.71. The fourth-order valence-corrected chi connectivity index (χ4v) is 4.34. The van der Waals surface area contributed by atoms with Gasteiger partial charge in [-0.25, -0.2) is 9.71 Å². The Hall–Kier alpha value is -2.49. The number of ether oxygens (including phenoxy) is 1. The maximum atomic E-state index is 12.2. The number of nitrogens with one attached hydrogen (secondary N) is 1. The third-order valence-electron chi connectivity index (χ3n) is 5.59. The van der Waals surface area contributed by atoms with Gasteiger partial charge in [0.05, 0.1) is 7.11 Å². The predicted octanol–water partition coefficient (Wildman–Crippen LogP) is 2.79. The number of rotatable bonds is 7. The van der Waals surface area contributed by atoms with Gasteiger partial charge in [0.15, 0.2) is 17.2 Å². The van der Waals surface area contributed by atoms with Gasteiger partial charge in [-0.2, -0.15) is 0 Å². The van der Waals surface area contributed by atoms with Crippen molar-refractivity contribution in [2.75, 3.05) is 13.7 Å². The maximum Gasteiger partial charge on any atom is 0.292 e. The summed E-state index contributed by atoms with van der Waals surface area (Å²) in [5, 5.41) is 0. The largest absolute Gasteiger partial charge is 0.760 e. The number of fused-ring (bicyclic) bond motifs is 1. The van der Waals surface area contributed by atoms with E-state index in [0.29, 0.717) is 17.9 Å². The summed E-state index contributed by atoms with van der Waals surface area (Å²) in [6, 6.07) is 5.60. The summed E-state index contributed by atoms with van der Waals surface area (Å²) in [5.41, 5.74) is 3.68. The molecule has 0 radical (unpaired) electrons. The van der Waals surface area contributed by atoms with Crippen molar-refractivity contribution in [1.29, 1.82) is 0 Å². The maximum absolute atomic E-state index is 12.2. The van der Waals surface area contributed by atoms with Gasteiger partial charge in [0.2, 0.25) is 0 Å². The van der Waals surface area contributed by atoms with Gasteiger partial charge in [0, 0.05) is 48.1 Å². The molecule has 1 unspecified atom stereocenters. The fourth-order valence-electron chi connectivity index (χ4n) is 4.07. The third kappa shape index (κ3) is 4.19. The van der Waals surface area contributed by atoms with Crippen molar-refractivity contribution in [2.45, 2.75) is 38.0 Å². The second-order valence-electron chi connectivity index (χ2n) is 7.62. The van der Waals surface area contributed by atoms with Crippen LogP contribution in [-0.2, 0) is 24.7 Å². The lowest BCUT2D eigenvalue weighted by Gasteiger charge is -2.11. The molecule has 2 aromatic heterocycles. The Kier molecular flexibility index (Phi) is 6.03. The van der Waals surface area contributed by atoms with Gasteiger partial charge in [-0.15, -0.1) is 0 Å². The third-order valence-corrected chi connectivity index (χ3v) is 6.03. The van der Waals surface area contributed by atoms with E-state index in [1.165, 1.54) is 24.5 Å². The van der Waals surface area contributed by atoms with Crippen LogP contribution in [-0.4, -0.2) is 32.0 Å². The molecule has 1 saturated carbocycles. The summed E-state index contributed by atoms with van der Waals surface area (Å²) in [5.74, 6) is 1.32. The Bertz CT molecular complexity index is 1150. The molecular weight excluding hydrogens is 406 g/mol. The lowest BCUT2D eigenvalue weighted by Crippen LogP contribution is -2.19. The van der Waals surface area contributed by atoms with E-state index in [-0.39, 0.29) is 17.9 Å². The van der Waals surface area contributed by atoms with E-state index >= 15 is 0 Å².